The first kappa shape index (κ1) is 32.9. The molecule has 41 heavy (non-hydrogen) atoms. The number of halogens is 2. The molecule has 0 heterocycles. The summed E-state index contributed by atoms with van der Waals surface area (Å²) in [5, 5.41) is 3.71. The summed E-state index contributed by atoms with van der Waals surface area (Å²) in [7, 11) is -7.60. The van der Waals surface area contributed by atoms with E-state index in [0.717, 1.165) is 18.1 Å². The third-order valence-electron chi connectivity index (χ3n) is 7.66. The molecule has 1 aliphatic carbocycles. The largest absolute Gasteiger partial charge is 0.381 e. The Morgan fingerprint density at radius 1 is 0.902 bits per heavy atom. The van der Waals surface area contributed by atoms with E-state index in [4.69, 9.17) is 17.9 Å². The van der Waals surface area contributed by atoms with Crippen LogP contribution in [-0.4, -0.2) is 52.2 Å². The van der Waals surface area contributed by atoms with Crippen molar-refractivity contribution in [2.45, 2.75) is 82.5 Å². The van der Waals surface area contributed by atoms with Crippen LogP contribution in [0.5, 0.6) is 5.75 Å². The van der Waals surface area contributed by atoms with Gasteiger partial charge >= 0.3 is 20.2 Å². The second-order valence-electron chi connectivity index (χ2n) is 10.7. The molecule has 9 nitrogen and oxygen atoms in total. The van der Waals surface area contributed by atoms with Gasteiger partial charge in [0, 0.05) is 30.9 Å². The van der Waals surface area contributed by atoms with Gasteiger partial charge in [0.15, 0.2) is 15.2 Å². The van der Waals surface area contributed by atoms with Gasteiger partial charge in [0.2, 0.25) is 0 Å². The van der Waals surface area contributed by atoms with Crippen molar-refractivity contribution < 1.29 is 43.6 Å². The molecule has 0 radical (unpaired) electrons. The molecule has 0 bridgehead atoms. The number of hydrogen-bond donors (Lipinski definition) is 0. The van der Waals surface area contributed by atoms with Crippen LogP contribution in [0.25, 0.3) is 0 Å². The quantitative estimate of drug-likeness (QED) is 0.220. The highest BCUT2D eigenvalue weighted by atomic mass is 32.2. The Labute approximate surface area is 241 Å². The van der Waals surface area contributed by atoms with Gasteiger partial charge < -0.3 is 13.7 Å². The third-order valence-corrected chi connectivity index (χ3v) is 11.5. The van der Waals surface area contributed by atoms with Crippen molar-refractivity contribution in [1.29, 1.82) is 0 Å². The highest BCUT2D eigenvalue weighted by molar-refractivity contribution is 7.89. The summed E-state index contributed by atoms with van der Waals surface area (Å²) in [6.45, 7) is 5.04. The van der Waals surface area contributed by atoms with Crippen molar-refractivity contribution in [3.8, 4) is 5.75 Å². The van der Waals surface area contributed by atoms with Gasteiger partial charge in [-0.3, -0.25) is 4.28 Å². The van der Waals surface area contributed by atoms with Crippen molar-refractivity contribution in [3.63, 3.8) is 0 Å². The fourth-order valence-electron chi connectivity index (χ4n) is 4.80. The highest BCUT2D eigenvalue weighted by Crippen LogP contribution is 2.50. The number of benzene rings is 2. The lowest BCUT2D eigenvalue weighted by Gasteiger charge is -2.42. The maximum atomic E-state index is 16.4. The predicted octanol–water partition coefficient (Wildman–Crippen LogP) is 5.28. The topological polar surface area (TPSA) is 118 Å². The summed E-state index contributed by atoms with van der Waals surface area (Å²) in [4.78, 5) is 0. The Hall–Kier alpha value is -2.61. The van der Waals surface area contributed by atoms with E-state index in [1.54, 1.807) is 31.2 Å². The number of oxime groups is 1. The van der Waals surface area contributed by atoms with Crippen LogP contribution in [0.1, 0.15) is 68.4 Å². The Bertz CT molecular complexity index is 1490. The van der Waals surface area contributed by atoms with Gasteiger partial charge in [-0.2, -0.15) is 16.8 Å². The zero-order valence-corrected chi connectivity index (χ0v) is 25.9. The fraction of sp³-hybridized carbons (Fsp3) is 0.536. The highest BCUT2D eigenvalue weighted by Gasteiger charge is 2.71. The van der Waals surface area contributed by atoms with Crippen LogP contribution in [0.15, 0.2) is 41.6 Å². The first-order chi connectivity index (χ1) is 19.0. The van der Waals surface area contributed by atoms with Crippen molar-refractivity contribution in [2.75, 3.05) is 14.2 Å². The minimum atomic E-state index is -5.21. The minimum absolute atomic E-state index is 0.0698. The van der Waals surface area contributed by atoms with E-state index >= 15 is 8.78 Å². The number of ether oxygens (including phenoxy) is 2. The van der Waals surface area contributed by atoms with E-state index in [-0.39, 0.29) is 19.0 Å². The Morgan fingerprint density at radius 3 is 2.00 bits per heavy atom. The van der Waals surface area contributed by atoms with Gasteiger partial charge in [-0.1, -0.05) is 41.9 Å². The molecular weight excluding hydrogens is 580 g/mol. The smallest absolute Gasteiger partial charge is 0.339 e. The van der Waals surface area contributed by atoms with E-state index in [0.29, 0.717) is 49.1 Å². The van der Waals surface area contributed by atoms with E-state index in [9.17, 15) is 16.8 Å². The van der Waals surface area contributed by atoms with Crippen LogP contribution in [0.3, 0.4) is 0 Å². The zero-order valence-electron chi connectivity index (χ0n) is 24.3. The van der Waals surface area contributed by atoms with Crippen molar-refractivity contribution >= 4 is 25.9 Å². The molecule has 0 N–H and O–H groups in total. The molecule has 13 heteroatoms. The van der Waals surface area contributed by atoms with Crippen molar-refractivity contribution in [2.24, 2.45) is 5.16 Å². The molecule has 1 unspecified atom stereocenters. The lowest BCUT2D eigenvalue weighted by atomic mass is 9.90. The SMILES string of the molecule is CCC(C)(C(F)(F)C(C)(C)S(=O)(=O)ON=C1CCc2ccccc21)S(=O)(=O)Oc1c(COC)cc(C)cc1COC. The molecule has 3 rings (SSSR count). The lowest BCUT2D eigenvalue weighted by molar-refractivity contribution is -0.0724. The predicted molar refractivity (Wildman–Crippen MR) is 151 cm³/mol. The van der Waals surface area contributed by atoms with Crippen molar-refractivity contribution in [1.82, 2.24) is 0 Å². The van der Waals surface area contributed by atoms with E-state index in [1.165, 1.54) is 21.1 Å². The summed E-state index contributed by atoms with van der Waals surface area (Å²) in [5.74, 6) is -4.63. The number of methoxy groups -OCH3 is 2. The number of fused-ring (bicyclic) bond motifs is 1. The standard InChI is InChI=1S/C28H37F2NO8S2/c1-8-27(5,41(34,35)38-25-21(17-36-6)15-19(2)16-22(25)18-37-7)28(29,30)26(3,4)40(32,33)39-31-24-14-13-20-11-9-10-12-23(20)24/h9-12,15-16H,8,13-14,17-18H2,1-7H3. The monoisotopic (exact) mass is 617 g/mol. The Morgan fingerprint density at radius 2 is 1.46 bits per heavy atom. The summed E-state index contributed by atoms with van der Waals surface area (Å²) in [6.07, 6.45) is 0.273. The number of rotatable bonds is 13. The van der Waals surface area contributed by atoms with E-state index in [1.807, 2.05) is 12.1 Å². The van der Waals surface area contributed by atoms with Gasteiger partial charge in [0.1, 0.15) is 0 Å². The molecule has 1 atom stereocenters. The third kappa shape index (κ3) is 5.86. The summed E-state index contributed by atoms with van der Waals surface area (Å²) in [5.41, 5.74) is 3.23. The van der Waals surface area contributed by atoms with Crippen LogP contribution in [0.4, 0.5) is 8.78 Å². The number of hydrogen-bond acceptors (Lipinski definition) is 9. The molecule has 0 amide bonds. The first-order valence-electron chi connectivity index (χ1n) is 13.0. The second kappa shape index (κ2) is 11.9. The summed E-state index contributed by atoms with van der Waals surface area (Å²) < 4.78 is 101. The minimum Gasteiger partial charge on any atom is -0.381 e. The fourth-order valence-corrected chi connectivity index (χ4v) is 7.32. The molecule has 228 valence electrons. The van der Waals surface area contributed by atoms with Crippen molar-refractivity contribution in [3.05, 3.63) is 64.2 Å². The van der Waals surface area contributed by atoms with E-state index in [2.05, 4.69) is 5.16 Å². The molecule has 2 aromatic carbocycles. The van der Waals surface area contributed by atoms with Gasteiger partial charge in [0.05, 0.1) is 18.9 Å². The molecule has 2 aromatic rings. The summed E-state index contributed by atoms with van der Waals surface area (Å²) >= 11 is 0. The Balaban J connectivity index is 2.03. The van der Waals surface area contributed by atoms with Crippen LogP contribution in [0, 0.1) is 6.92 Å². The molecule has 0 aliphatic heterocycles. The molecule has 0 aromatic heterocycles. The molecule has 0 saturated carbocycles. The number of aryl methyl sites for hydroxylation is 2. The first-order valence-corrected chi connectivity index (χ1v) is 15.8. The van der Waals surface area contributed by atoms with Crippen LogP contribution in [-0.2, 0) is 53.6 Å². The maximum Gasteiger partial charge on any atom is 0.339 e. The van der Waals surface area contributed by atoms with Crippen LogP contribution >= 0.6 is 0 Å². The molecular formula is C28H37F2NO8S2. The van der Waals surface area contributed by atoms with Crippen LogP contribution < -0.4 is 4.18 Å². The average Bonchev–Trinajstić information content (AvgIpc) is 3.32. The second-order valence-corrected chi connectivity index (χ2v) is 14.8. The molecule has 0 spiro atoms. The zero-order chi connectivity index (χ0) is 30.9. The normalized spacial score (nSPS) is 16.9. The van der Waals surface area contributed by atoms with Crippen LogP contribution in [0.2, 0.25) is 0 Å². The number of alkyl halides is 2. The van der Waals surface area contributed by atoms with Gasteiger partial charge in [0.25, 0.3) is 5.92 Å². The molecule has 0 saturated heterocycles. The molecule has 0 fully saturated rings. The van der Waals surface area contributed by atoms with Gasteiger partial charge in [-0.25, -0.2) is 8.78 Å². The number of nitrogens with zero attached hydrogens (tertiary/aromatic N) is 1. The maximum absolute atomic E-state index is 16.4. The van der Waals surface area contributed by atoms with Gasteiger partial charge in [-0.15, -0.1) is 0 Å². The van der Waals surface area contributed by atoms with E-state index < -0.39 is 42.1 Å². The Kier molecular flexibility index (Phi) is 9.58. The average molecular weight is 618 g/mol. The lowest BCUT2D eigenvalue weighted by Crippen LogP contribution is -2.65. The van der Waals surface area contributed by atoms with Gasteiger partial charge in [-0.05, 0) is 64.7 Å². The molecule has 1 aliphatic rings. The summed E-state index contributed by atoms with van der Waals surface area (Å²) in [6, 6.07) is 10.4.